The van der Waals surface area contributed by atoms with Gasteiger partial charge >= 0.3 is 0 Å². The molecule has 0 aromatic carbocycles. The highest BCUT2D eigenvalue weighted by molar-refractivity contribution is 4.86. The molecule has 2 fully saturated rings. The zero-order valence-electron chi connectivity index (χ0n) is 12.6. The Hall–Kier alpha value is -0.0400. The van der Waals surface area contributed by atoms with Gasteiger partial charge in [-0.25, -0.2) is 0 Å². The van der Waals surface area contributed by atoms with Crippen LogP contribution in [0.25, 0.3) is 0 Å². The predicted molar refractivity (Wildman–Crippen MR) is 79.8 cm³/mol. The molecule has 0 bridgehead atoms. The van der Waals surface area contributed by atoms with Crippen LogP contribution < -0.4 is 5.32 Å². The van der Waals surface area contributed by atoms with Gasteiger partial charge in [0.15, 0.2) is 0 Å². The smallest absolute Gasteiger partial charge is 0.00979 e. The van der Waals surface area contributed by atoms with Gasteiger partial charge in [0.1, 0.15) is 0 Å². The van der Waals surface area contributed by atoms with Crippen molar-refractivity contribution in [2.75, 3.05) is 6.54 Å². The van der Waals surface area contributed by atoms with Gasteiger partial charge in [-0.3, -0.25) is 0 Å². The number of hydrogen-bond donors (Lipinski definition) is 1. The maximum absolute atomic E-state index is 3.90. The number of hydrogen-bond acceptors (Lipinski definition) is 1. The lowest BCUT2D eigenvalue weighted by Gasteiger charge is -2.39. The lowest BCUT2D eigenvalue weighted by atomic mass is 9.71. The third kappa shape index (κ3) is 4.26. The van der Waals surface area contributed by atoms with E-state index in [0.717, 1.165) is 23.8 Å². The molecule has 2 rings (SSSR count). The molecular formula is C17H33N. The Balaban J connectivity index is 1.80. The molecule has 106 valence electrons. The fourth-order valence-electron chi connectivity index (χ4n) is 4.10. The van der Waals surface area contributed by atoms with Gasteiger partial charge in [-0.1, -0.05) is 58.8 Å². The topological polar surface area (TPSA) is 12.0 Å². The molecular weight excluding hydrogens is 218 g/mol. The molecule has 0 aliphatic heterocycles. The summed E-state index contributed by atoms with van der Waals surface area (Å²) in [4.78, 5) is 0. The normalized spacial score (nSPS) is 30.8. The van der Waals surface area contributed by atoms with Crippen LogP contribution in [0, 0.1) is 17.8 Å². The third-order valence-corrected chi connectivity index (χ3v) is 5.20. The molecule has 0 radical (unpaired) electrons. The summed E-state index contributed by atoms with van der Waals surface area (Å²) in [7, 11) is 0. The van der Waals surface area contributed by atoms with Crippen molar-refractivity contribution in [2.45, 2.75) is 84.1 Å². The van der Waals surface area contributed by atoms with E-state index in [1.54, 1.807) is 0 Å². The van der Waals surface area contributed by atoms with Crippen LogP contribution in [0.4, 0.5) is 0 Å². The van der Waals surface area contributed by atoms with E-state index in [9.17, 15) is 0 Å². The van der Waals surface area contributed by atoms with Crippen LogP contribution in [-0.2, 0) is 0 Å². The second-order valence-electron chi connectivity index (χ2n) is 7.09. The Labute approximate surface area is 114 Å². The van der Waals surface area contributed by atoms with E-state index in [4.69, 9.17) is 0 Å². The highest BCUT2D eigenvalue weighted by Crippen LogP contribution is 2.38. The maximum atomic E-state index is 3.90. The van der Waals surface area contributed by atoms with E-state index in [-0.39, 0.29) is 0 Å². The second-order valence-corrected chi connectivity index (χ2v) is 7.09. The van der Waals surface area contributed by atoms with Gasteiger partial charge < -0.3 is 5.32 Å². The Bertz CT molecular complexity index is 218. The van der Waals surface area contributed by atoms with E-state index in [1.807, 2.05) is 0 Å². The predicted octanol–water partition coefficient (Wildman–Crippen LogP) is 4.76. The van der Waals surface area contributed by atoms with Gasteiger partial charge in [0, 0.05) is 6.04 Å². The SMILES string of the molecule is CC(C)CCNC1CCCCC1C1CCCCC1. The molecule has 0 aromatic heterocycles. The van der Waals surface area contributed by atoms with Gasteiger partial charge in [-0.2, -0.15) is 0 Å². The first kappa shape index (κ1) is 14.4. The number of nitrogens with one attached hydrogen (secondary N) is 1. The molecule has 1 heteroatoms. The van der Waals surface area contributed by atoms with Gasteiger partial charge in [0.2, 0.25) is 0 Å². The highest BCUT2D eigenvalue weighted by atomic mass is 14.9. The minimum Gasteiger partial charge on any atom is -0.314 e. The molecule has 18 heavy (non-hydrogen) atoms. The van der Waals surface area contributed by atoms with E-state index in [0.29, 0.717) is 0 Å². The molecule has 1 nitrogen and oxygen atoms in total. The lowest BCUT2D eigenvalue weighted by molar-refractivity contribution is 0.149. The third-order valence-electron chi connectivity index (χ3n) is 5.20. The van der Waals surface area contributed by atoms with Crippen LogP contribution in [0.1, 0.15) is 78.1 Å². The molecule has 0 spiro atoms. The summed E-state index contributed by atoms with van der Waals surface area (Å²) >= 11 is 0. The largest absolute Gasteiger partial charge is 0.314 e. The molecule has 2 saturated carbocycles. The molecule has 0 heterocycles. The van der Waals surface area contributed by atoms with Crippen LogP contribution in [0.5, 0.6) is 0 Å². The summed E-state index contributed by atoms with van der Waals surface area (Å²) in [6.07, 6.45) is 14.8. The van der Waals surface area contributed by atoms with Gasteiger partial charge in [-0.05, 0) is 43.6 Å². The van der Waals surface area contributed by atoms with Crippen LogP contribution in [0.15, 0.2) is 0 Å². The van der Waals surface area contributed by atoms with Crippen LogP contribution >= 0.6 is 0 Å². The van der Waals surface area contributed by atoms with Crippen molar-refractivity contribution < 1.29 is 0 Å². The van der Waals surface area contributed by atoms with Crippen molar-refractivity contribution in [1.82, 2.24) is 5.32 Å². The monoisotopic (exact) mass is 251 g/mol. The molecule has 2 unspecified atom stereocenters. The highest BCUT2D eigenvalue weighted by Gasteiger charge is 2.31. The Kier molecular flexibility index (Phi) is 6.01. The average Bonchev–Trinajstić information content (AvgIpc) is 2.40. The standard InChI is InChI=1S/C17H33N/c1-14(2)12-13-18-17-11-7-6-10-16(17)15-8-4-3-5-9-15/h14-18H,3-13H2,1-2H3. The molecule has 2 aliphatic rings. The molecule has 0 aromatic rings. The summed E-state index contributed by atoms with van der Waals surface area (Å²) in [5.41, 5.74) is 0. The Morgan fingerprint density at radius 1 is 0.889 bits per heavy atom. The summed E-state index contributed by atoms with van der Waals surface area (Å²) in [6.45, 7) is 5.91. The second kappa shape index (κ2) is 7.53. The Morgan fingerprint density at radius 2 is 1.56 bits per heavy atom. The first-order valence-corrected chi connectivity index (χ1v) is 8.50. The van der Waals surface area contributed by atoms with E-state index < -0.39 is 0 Å². The summed E-state index contributed by atoms with van der Waals surface area (Å²) in [5.74, 6) is 2.90. The Morgan fingerprint density at radius 3 is 2.28 bits per heavy atom. The van der Waals surface area contributed by atoms with Crippen molar-refractivity contribution in [3.05, 3.63) is 0 Å². The van der Waals surface area contributed by atoms with Crippen molar-refractivity contribution in [3.63, 3.8) is 0 Å². The summed E-state index contributed by atoms with van der Waals surface area (Å²) in [5, 5.41) is 3.90. The average molecular weight is 251 g/mol. The van der Waals surface area contributed by atoms with Crippen molar-refractivity contribution in [1.29, 1.82) is 0 Å². The molecule has 2 atom stereocenters. The van der Waals surface area contributed by atoms with Crippen molar-refractivity contribution in [3.8, 4) is 0 Å². The first-order chi connectivity index (χ1) is 8.77. The minimum atomic E-state index is 0.842. The number of rotatable bonds is 5. The zero-order chi connectivity index (χ0) is 12.8. The maximum Gasteiger partial charge on any atom is 0.00979 e. The van der Waals surface area contributed by atoms with Crippen LogP contribution in [0.3, 0.4) is 0 Å². The van der Waals surface area contributed by atoms with Crippen LogP contribution in [0.2, 0.25) is 0 Å². The van der Waals surface area contributed by atoms with Gasteiger partial charge in [0.05, 0.1) is 0 Å². The van der Waals surface area contributed by atoms with Gasteiger partial charge in [0.25, 0.3) is 0 Å². The quantitative estimate of drug-likeness (QED) is 0.743. The fourth-order valence-corrected chi connectivity index (χ4v) is 4.10. The van der Waals surface area contributed by atoms with Crippen molar-refractivity contribution in [2.24, 2.45) is 17.8 Å². The minimum absolute atomic E-state index is 0.842. The first-order valence-electron chi connectivity index (χ1n) is 8.50. The van der Waals surface area contributed by atoms with Gasteiger partial charge in [-0.15, -0.1) is 0 Å². The van der Waals surface area contributed by atoms with E-state index >= 15 is 0 Å². The van der Waals surface area contributed by atoms with E-state index in [1.165, 1.54) is 70.8 Å². The summed E-state index contributed by atoms with van der Waals surface area (Å²) in [6, 6.07) is 0.848. The van der Waals surface area contributed by atoms with Crippen molar-refractivity contribution >= 4 is 0 Å². The fraction of sp³-hybridized carbons (Fsp3) is 1.00. The molecule has 0 amide bonds. The van der Waals surface area contributed by atoms with Crippen LogP contribution in [-0.4, -0.2) is 12.6 Å². The zero-order valence-corrected chi connectivity index (χ0v) is 12.6. The summed E-state index contributed by atoms with van der Waals surface area (Å²) < 4.78 is 0. The molecule has 2 aliphatic carbocycles. The molecule has 1 N–H and O–H groups in total. The van der Waals surface area contributed by atoms with E-state index in [2.05, 4.69) is 19.2 Å². The lowest BCUT2D eigenvalue weighted by Crippen LogP contribution is -2.43. The molecule has 0 saturated heterocycles.